The highest BCUT2D eigenvalue weighted by Crippen LogP contribution is 2.06. The minimum absolute atomic E-state index is 0.120. The number of unbranched alkanes of at least 4 members (excludes halogenated alkanes) is 1. The zero-order valence-electron chi connectivity index (χ0n) is 9.70. The van der Waals surface area contributed by atoms with Gasteiger partial charge in [-0.3, -0.25) is 0 Å². The largest absolute Gasteiger partial charge is 0.396 e. The second-order valence-corrected chi connectivity index (χ2v) is 5.73. The Morgan fingerprint density at radius 3 is 2.47 bits per heavy atom. The van der Waals surface area contributed by atoms with Crippen LogP contribution in [0.2, 0.25) is 0 Å². The highest BCUT2D eigenvalue weighted by molar-refractivity contribution is 7.89. The van der Waals surface area contributed by atoms with E-state index in [0.717, 1.165) is 12.8 Å². The zero-order valence-corrected chi connectivity index (χ0v) is 10.5. The lowest BCUT2D eigenvalue weighted by atomic mass is 10.0. The van der Waals surface area contributed by atoms with Gasteiger partial charge in [-0.15, -0.1) is 0 Å². The summed E-state index contributed by atoms with van der Waals surface area (Å²) in [6.45, 7) is 4.54. The van der Waals surface area contributed by atoms with Gasteiger partial charge in [-0.2, -0.15) is 0 Å². The molecular weight excluding hydrogens is 214 g/mol. The predicted octanol–water partition coefficient (Wildman–Crippen LogP) is 1.11. The molecule has 0 saturated heterocycles. The SMILES string of the molecule is CCCCS(=O)(=O)NCC(CC)CCO. The van der Waals surface area contributed by atoms with Crippen LogP contribution in [0.25, 0.3) is 0 Å². The molecule has 0 amide bonds. The summed E-state index contributed by atoms with van der Waals surface area (Å²) in [5, 5.41) is 8.76. The molecule has 2 N–H and O–H groups in total. The number of aliphatic hydroxyl groups is 1. The Bertz CT molecular complexity index is 239. The fourth-order valence-electron chi connectivity index (χ4n) is 1.28. The fraction of sp³-hybridized carbons (Fsp3) is 1.00. The van der Waals surface area contributed by atoms with Crippen LogP contribution in [0.3, 0.4) is 0 Å². The number of sulfonamides is 1. The van der Waals surface area contributed by atoms with Crippen LogP contribution >= 0.6 is 0 Å². The van der Waals surface area contributed by atoms with Crippen LogP contribution in [-0.4, -0.2) is 32.4 Å². The smallest absolute Gasteiger partial charge is 0.211 e. The summed E-state index contributed by atoms with van der Waals surface area (Å²) >= 11 is 0. The van der Waals surface area contributed by atoms with E-state index in [9.17, 15) is 8.42 Å². The average molecular weight is 237 g/mol. The summed E-state index contributed by atoms with van der Waals surface area (Å²) in [6.07, 6.45) is 3.13. The van der Waals surface area contributed by atoms with Gasteiger partial charge in [0.05, 0.1) is 5.75 Å². The molecule has 0 heterocycles. The van der Waals surface area contributed by atoms with Gasteiger partial charge in [-0.25, -0.2) is 13.1 Å². The summed E-state index contributed by atoms with van der Waals surface area (Å²) in [4.78, 5) is 0. The monoisotopic (exact) mass is 237 g/mol. The molecule has 1 unspecified atom stereocenters. The van der Waals surface area contributed by atoms with Gasteiger partial charge in [-0.1, -0.05) is 26.7 Å². The third-order valence-electron chi connectivity index (χ3n) is 2.47. The molecule has 15 heavy (non-hydrogen) atoms. The van der Waals surface area contributed by atoms with E-state index < -0.39 is 10.0 Å². The van der Waals surface area contributed by atoms with E-state index in [2.05, 4.69) is 4.72 Å². The Hall–Kier alpha value is -0.130. The predicted molar refractivity (Wildman–Crippen MR) is 62.2 cm³/mol. The minimum atomic E-state index is -3.10. The van der Waals surface area contributed by atoms with Crippen molar-refractivity contribution in [3.8, 4) is 0 Å². The first kappa shape index (κ1) is 14.9. The van der Waals surface area contributed by atoms with Crippen LogP contribution in [0.5, 0.6) is 0 Å². The topological polar surface area (TPSA) is 66.4 Å². The van der Waals surface area contributed by atoms with Crippen LogP contribution in [0.4, 0.5) is 0 Å². The van der Waals surface area contributed by atoms with Crippen molar-refractivity contribution in [2.45, 2.75) is 39.5 Å². The van der Waals surface area contributed by atoms with Crippen molar-refractivity contribution in [1.82, 2.24) is 4.72 Å². The van der Waals surface area contributed by atoms with E-state index in [1.807, 2.05) is 13.8 Å². The first-order valence-electron chi connectivity index (χ1n) is 5.63. The standard InChI is InChI=1S/C10H23NO3S/c1-3-5-8-15(13,14)11-9-10(4-2)6-7-12/h10-12H,3-9H2,1-2H3. The molecule has 0 bridgehead atoms. The van der Waals surface area contributed by atoms with Crippen LogP contribution in [0.1, 0.15) is 39.5 Å². The van der Waals surface area contributed by atoms with Gasteiger partial charge in [0.15, 0.2) is 0 Å². The van der Waals surface area contributed by atoms with E-state index >= 15 is 0 Å². The summed E-state index contributed by atoms with van der Waals surface area (Å²) in [5.41, 5.74) is 0. The third kappa shape index (κ3) is 7.76. The molecule has 92 valence electrons. The minimum Gasteiger partial charge on any atom is -0.396 e. The molecule has 0 aliphatic rings. The Morgan fingerprint density at radius 1 is 1.33 bits per heavy atom. The molecular formula is C10H23NO3S. The van der Waals surface area contributed by atoms with E-state index in [0.29, 0.717) is 19.4 Å². The molecule has 0 radical (unpaired) electrons. The highest BCUT2D eigenvalue weighted by Gasteiger charge is 2.12. The van der Waals surface area contributed by atoms with Crippen LogP contribution in [0, 0.1) is 5.92 Å². The summed E-state index contributed by atoms with van der Waals surface area (Å²) in [5.74, 6) is 0.449. The summed E-state index contributed by atoms with van der Waals surface area (Å²) in [6, 6.07) is 0. The maximum absolute atomic E-state index is 11.4. The van der Waals surface area contributed by atoms with Crippen molar-refractivity contribution in [2.24, 2.45) is 5.92 Å². The van der Waals surface area contributed by atoms with Crippen molar-refractivity contribution in [3.05, 3.63) is 0 Å². The molecule has 0 rings (SSSR count). The van der Waals surface area contributed by atoms with Crippen molar-refractivity contribution >= 4 is 10.0 Å². The van der Waals surface area contributed by atoms with E-state index in [1.165, 1.54) is 0 Å². The third-order valence-corrected chi connectivity index (χ3v) is 3.91. The quantitative estimate of drug-likeness (QED) is 0.631. The lowest BCUT2D eigenvalue weighted by molar-refractivity contribution is 0.254. The zero-order chi connectivity index (χ0) is 11.7. The molecule has 4 nitrogen and oxygen atoms in total. The van der Waals surface area contributed by atoms with Gasteiger partial charge in [0.2, 0.25) is 10.0 Å². The van der Waals surface area contributed by atoms with Crippen molar-refractivity contribution < 1.29 is 13.5 Å². The normalized spacial score (nSPS) is 14.1. The van der Waals surface area contributed by atoms with Crippen molar-refractivity contribution in [1.29, 1.82) is 0 Å². The molecule has 0 aliphatic heterocycles. The van der Waals surface area contributed by atoms with Gasteiger partial charge in [0, 0.05) is 13.2 Å². The van der Waals surface area contributed by atoms with Crippen molar-refractivity contribution in [2.75, 3.05) is 18.9 Å². The first-order valence-corrected chi connectivity index (χ1v) is 7.29. The molecule has 0 spiro atoms. The molecule has 0 aromatic heterocycles. The number of nitrogens with one attached hydrogen (secondary N) is 1. The average Bonchev–Trinajstić information content (AvgIpc) is 2.21. The molecule has 0 aliphatic carbocycles. The van der Waals surface area contributed by atoms with Crippen LogP contribution in [-0.2, 0) is 10.0 Å². The number of aliphatic hydroxyl groups excluding tert-OH is 1. The molecule has 1 atom stereocenters. The molecule has 5 heteroatoms. The summed E-state index contributed by atoms with van der Waals surface area (Å²) < 4.78 is 25.5. The maximum Gasteiger partial charge on any atom is 0.211 e. The van der Waals surface area contributed by atoms with Crippen LogP contribution < -0.4 is 4.72 Å². The Balaban J connectivity index is 3.90. The van der Waals surface area contributed by atoms with Gasteiger partial charge < -0.3 is 5.11 Å². The first-order chi connectivity index (χ1) is 7.05. The second kappa shape index (κ2) is 8.07. The van der Waals surface area contributed by atoms with E-state index in [1.54, 1.807) is 0 Å². The molecule has 0 aromatic rings. The lowest BCUT2D eigenvalue weighted by Gasteiger charge is -2.14. The van der Waals surface area contributed by atoms with Crippen molar-refractivity contribution in [3.63, 3.8) is 0 Å². The fourth-order valence-corrected chi connectivity index (χ4v) is 2.59. The number of hydrogen-bond donors (Lipinski definition) is 2. The Kier molecular flexibility index (Phi) is 8.00. The molecule has 0 aromatic carbocycles. The maximum atomic E-state index is 11.4. The van der Waals surface area contributed by atoms with E-state index in [-0.39, 0.29) is 18.3 Å². The number of hydrogen-bond acceptors (Lipinski definition) is 3. The Labute approximate surface area is 93.1 Å². The van der Waals surface area contributed by atoms with Crippen LogP contribution in [0.15, 0.2) is 0 Å². The van der Waals surface area contributed by atoms with Gasteiger partial charge in [0.1, 0.15) is 0 Å². The van der Waals surface area contributed by atoms with Gasteiger partial charge in [-0.05, 0) is 18.8 Å². The second-order valence-electron chi connectivity index (χ2n) is 3.81. The van der Waals surface area contributed by atoms with Gasteiger partial charge >= 0.3 is 0 Å². The number of rotatable bonds is 9. The Morgan fingerprint density at radius 2 is 2.00 bits per heavy atom. The lowest BCUT2D eigenvalue weighted by Crippen LogP contribution is -2.31. The molecule has 0 saturated carbocycles. The van der Waals surface area contributed by atoms with Gasteiger partial charge in [0.25, 0.3) is 0 Å². The van der Waals surface area contributed by atoms with E-state index in [4.69, 9.17) is 5.11 Å². The summed E-state index contributed by atoms with van der Waals surface area (Å²) in [7, 11) is -3.10. The molecule has 0 fully saturated rings. The highest BCUT2D eigenvalue weighted by atomic mass is 32.2.